The molecule has 0 bridgehead atoms. The summed E-state index contributed by atoms with van der Waals surface area (Å²) < 4.78 is 34.3. The van der Waals surface area contributed by atoms with Crippen LogP contribution in [0.2, 0.25) is 0 Å². The van der Waals surface area contributed by atoms with E-state index in [1.54, 1.807) is 24.3 Å². The van der Waals surface area contributed by atoms with Crippen LogP contribution < -0.4 is 4.74 Å². The van der Waals surface area contributed by atoms with Gasteiger partial charge in [0.1, 0.15) is 16.9 Å². The minimum atomic E-state index is -3.96. The van der Waals surface area contributed by atoms with Crippen LogP contribution in [0, 0.1) is 0 Å². The molecule has 0 fully saturated rings. The van der Waals surface area contributed by atoms with Gasteiger partial charge in [-0.2, -0.15) is 0 Å². The summed E-state index contributed by atoms with van der Waals surface area (Å²) in [5.41, 5.74) is 1.15. The summed E-state index contributed by atoms with van der Waals surface area (Å²) in [6, 6.07) is 24.8. The minimum Gasteiger partial charge on any atom is -0.457 e. The van der Waals surface area contributed by atoms with Crippen LogP contribution in [-0.4, -0.2) is 28.4 Å². The van der Waals surface area contributed by atoms with Gasteiger partial charge in [0.05, 0.1) is 17.1 Å². The van der Waals surface area contributed by atoms with Crippen molar-refractivity contribution >= 4 is 22.7 Å². The highest BCUT2D eigenvalue weighted by molar-refractivity contribution is 7.89. The first kappa shape index (κ1) is 22.0. The molecule has 0 saturated heterocycles. The summed E-state index contributed by atoms with van der Waals surface area (Å²) in [5, 5.41) is 10.1. The molecule has 164 valence electrons. The maximum absolute atomic E-state index is 13.6. The molecule has 1 unspecified atom stereocenters. The molecule has 1 atom stereocenters. The van der Waals surface area contributed by atoms with Crippen molar-refractivity contribution in [1.29, 1.82) is 0 Å². The lowest BCUT2D eigenvalue weighted by atomic mass is 10.2. The monoisotopic (exact) mass is 466 g/mol. The first-order valence-electron chi connectivity index (χ1n) is 9.88. The van der Waals surface area contributed by atoms with Gasteiger partial charge < -0.3 is 4.74 Å². The molecule has 8 heteroatoms. The number of sulfonamides is 1. The fraction of sp³-hybridized carbons (Fsp3) is 0.0833. The van der Waals surface area contributed by atoms with Gasteiger partial charge in [-0.1, -0.05) is 48.5 Å². The maximum Gasteiger partial charge on any atom is 0.264 e. The Bertz CT molecular complexity index is 1210. The quantitative estimate of drug-likeness (QED) is 0.478. The molecule has 1 aliphatic rings. The molecule has 1 aliphatic heterocycles. The Morgan fingerprint density at radius 3 is 2.16 bits per heavy atom. The Morgan fingerprint density at radius 2 is 1.50 bits per heavy atom. The molecule has 1 N–H and O–H groups in total. The fourth-order valence-electron chi connectivity index (χ4n) is 3.24. The summed E-state index contributed by atoms with van der Waals surface area (Å²) >= 11 is 4.40. The summed E-state index contributed by atoms with van der Waals surface area (Å²) in [6.45, 7) is 0.0933. The zero-order chi connectivity index (χ0) is 22.6. The van der Waals surface area contributed by atoms with E-state index < -0.39 is 15.4 Å². The smallest absolute Gasteiger partial charge is 0.264 e. The predicted octanol–water partition coefficient (Wildman–Crippen LogP) is 5.03. The molecule has 0 radical (unpaired) electrons. The molecule has 0 aromatic heterocycles. The van der Waals surface area contributed by atoms with E-state index in [0.29, 0.717) is 17.2 Å². The van der Waals surface area contributed by atoms with E-state index in [4.69, 9.17) is 4.74 Å². The van der Waals surface area contributed by atoms with E-state index in [2.05, 4.69) is 12.6 Å². The number of rotatable bonds is 7. The van der Waals surface area contributed by atoms with Gasteiger partial charge in [-0.3, -0.25) is 9.51 Å². The summed E-state index contributed by atoms with van der Waals surface area (Å²) in [4.78, 5) is 0.106. The average molecular weight is 467 g/mol. The van der Waals surface area contributed by atoms with E-state index in [1.807, 2.05) is 60.7 Å². The van der Waals surface area contributed by atoms with Crippen molar-refractivity contribution in [1.82, 2.24) is 9.37 Å². The number of para-hydroxylation sites is 1. The molecule has 0 amide bonds. The third-order valence-electron chi connectivity index (χ3n) is 4.87. The Labute approximate surface area is 193 Å². The zero-order valence-corrected chi connectivity index (χ0v) is 18.7. The third kappa shape index (κ3) is 4.83. The minimum absolute atomic E-state index is 0.0933. The van der Waals surface area contributed by atoms with E-state index in [-0.39, 0.29) is 11.4 Å². The first-order chi connectivity index (χ1) is 15.4. The Hall–Kier alpha value is -3.20. The second-order valence-corrected chi connectivity index (χ2v) is 9.42. The lowest BCUT2D eigenvalue weighted by Gasteiger charge is -2.34. The summed E-state index contributed by atoms with van der Waals surface area (Å²) in [7, 11) is -3.96. The van der Waals surface area contributed by atoms with Crippen LogP contribution in [0.25, 0.3) is 0 Å². The number of thiol groups is 1. The first-order valence-corrected chi connectivity index (χ1v) is 11.8. The van der Waals surface area contributed by atoms with Crippen molar-refractivity contribution in [2.45, 2.75) is 16.8 Å². The second kappa shape index (κ2) is 9.52. The number of hydrogen-bond acceptors (Lipinski definition) is 6. The van der Waals surface area contributed by atoms with Gasteiger partial charge in [-0.05, 0) is 54.1 Å². The molecule has 4 rings (SSSR count). The van der Waals surface area contributed by atoms with Gasteiger partial charge in [0.25, 0.3) is 10.0 Å². The largest absolute Gasteiger partial charge is 0.457 e. The Kier molecular flexibility index (Phi) is 6.55. The lowest BCUT2D eigenvalue weighted by Crippen LogP contribution is -2.39. The zero-order valence-electron chi connectivity index (χ0n) is 17.0. The van der Waals surface area contributed by atoms with Crippen LogP contribution >= 0.6 is 12.6 Å². The van der Waals surface area contributed by atoms with Crippen molar-refractivity contribution in [2.75, 3.05) is 0 Å². The molecule has 0 spiro atoms. The molecule has 0 aliphatic carbocycles. The van der Waals surface area contributed by atoms with Crippen LogP contribution in [0.15, 0.2) is 114 Å². The standard InChI is InChI=1S/C24H22N2O4S2/c27-25-17-7-12-23(24(25)31)26(18-19-8-3-1-4-9-19)32(28,29)22-15-13-21(14-16-22)30-20-10-5-2-6-11-20/h1-17,24,27,31H,18H2. The van der Waals surface area contributed by atoms with Crippen LogP contribution in [0.4, 0.5) is 0 Å². The van der Waals surface area contributed by atoms with E-state index in [9.17, 15) is 13.6 Å². The normalized spacial score (nSPS) is 15.9. The van der Waals surface area contributed by atoms with Crippen molar-refractivity contribution in [3.05, 3.63) is 115 Å². The number of ether oxygens (including phenoxy) is 1. The van der Waals surface area contributed by atoms with Gasteiger partial charge >= 0.3 is 0 Å². The molecule has 6 nitrogen and oxygen atoms in total. The average Bonchev–Trinajstić information content (AvgIpc) is 2.81. The summed E-state index contributed by atoms with van der Waals surface area (Å²) in [6.07, 6.45) is 4.63. The van der Waals surface area contributed by atoms with Gasteiger partial charge in [0.15, 0.2) is 0 Å². The Balaban J connectivity index is 1.66. The third-order valence-corrected chi connectivity index (χ3v) is 7.16. The highest BCUT2D eigenvalue weighted by atomic mass is 32.2. The number of benzene rings is 3. The maximum atomic E-state index is 13.6. The fourth-order valence-corrected chi connectivity index (χ4v) is 5.11. The van der Waals surface area contributed by atoms with Crippen LogP contribution in [0.3, 0.4) is 0 Å². The van der Waals surface area contributed by atoms with Crippen LogP contribution in [0.1, 0.15) is 5.56 Å². The molecule has 1 heterocycles. The number of nitrogens with zero attached hydrogens (tertiary/aromatic N) is 2. The summed E-state index contributed by atoms with van der Waals surface area (Å²) in [5.74, 6) is 1.19. The van der Waals surface area contributed by atoms with E-state index in [1.165, 1.54) is 22.6 Å². The van der Waals surface area contributed by atoms with E-state index >= 15 is 0 Å². The van der Waals surface area contributed by atoms with Crippen molar-refractivity contribution in [3.8, 4) is 11.5 Å². The van der Waals surface area contributed by atoms with Gasteiger partial charge in [-0.25, -0.2) is 13.5 Å². The van der Waals surface area contributed by atoms with Crippen molar-refractivity contribution in [2.24, 2.45) is 0 Å². The molecular weight excluding hydrogens is 444 g/mol. The predicted molar refractivity (Wildman–Crippen MR) is 126 cm³/mol. The van der Waals surface area contributed by atoms with E-state index in [0.717, 1.165) is 10.6 Å². The SMILES string of the molecule is O=S(=O)(c1ccc(Oc2ccccc2)cc1)N(Cc1ccccc1)C1=CC=CN(O)C1S. The van der Waals surface area contributed by atoms with Crippen LogP contribution in [-0.2, 0) is 16.6 Å². The lowest BCUT2D eigenvalue weighted by molar-refractivity contribution is -0.0469. The molecule has 0 saturated carbocycles. The Morgan fingerprint density at radius 1 is 0.906 bits per heavy atom. The molecule has 3 aromatic carbocycles. The van der Waals surface area contributed by atoms with Gasteiger partial charge in [0, 0.05) is 6.20 Å². The van der Waals surface area contributed by atoms with Crippen molar-refractivity contribution < 1.29 is 18.4 Å². The molecular formula is C24H22N2O4S2. The highest BCUT2D eigenvalue weighted by Crippen LogP contribution is 2.31. The second-order valence-electron chi connectivity index (χ2n) is 7.07. The van der Waals surface area contributed by atoms with Gasteiger partial charge in [-0.15, -0.1) is 12.6 Å². The molecule has 32 heavy (non-hydrogen) atoms. The highest BCUT2D eigenvalue weighted by Gasteiger charge is 2.32. The molecule has 3 aromatic rings. The van der Waals surface area contributed by atoms with Crippen LogP contribution in [0.5, 0.6) is 11.5 Å². The number of hydrogen-bond donors (Lipinski definition) is 2. The van der Waals surface area contributed by atoms with Gasteiger partial charge in [0.2, 0.25) is 0 Å². The number of allylic oxidation sites excluding steroid dienone is 2. The van der Waals surface area contributed by atoms with Crippen molar-refractivity contribution in [3.63, 3.8) is 0 Å². The topological polar surface area (TPSA) is 70.1 Å². The number of hydroxylamine groups is 2.